The van der Waals surface area contributed by atoms with Gasteiger partial charge < -0.3 is 16.4 Å². The van der Waals surface area contributed by atoms with E-state index in [4.69, 9.17) is 5.73 Å². The first-order valence-electron chi connectivity index (χ1n) is 6.61. The summed E-state index contributed by atoms with van der Waals surface area (Å²) in [5.74, 6) is 0. The number of rotatable bonds is 4. The minimum absolute atomic E-state index is 0.110. The number of nitrogens with two attached hydrogens (primary N) is 1. The van der Waals surface area contributed by atoms with E-state index in [1.807, 2.05) is 30.3 Å². The van der Waals surface area contributed by atoms with Gasteiger partial charge in [0.25, 0.3) is 0 Å². The first kappa shape index (κ1) is 12.9. The van der Waals surface area contributed by atoms with Gasteiger partial charge in [-0.05, 0) is 18.4 Å². The quantitative estimate of drug-likeness (QED) is 0.761. The summed E-state index contributed by atoms with van der Waals surface area (Å²) in [6.07, 6.45) is 4.60. The van der Waals surface area contributed by atoms with E-state index in [1.165, 1.54) is 12.8 Å². The maximum absolute atomic E-state index is 11.9. The average molecular weight is 247 g/mol. The number of carbonyl (C=O) groups excluding carboxylic acids is 1. The zero-order valence-electron chi connectivity index (χ0n) is 10.6. The average Bonchev–Trinajstić information content (AvgIpc) is 2.90. The number of carbonyl (C=O) groups is 1. The van der Waals surface area contributed by atoms with Crippen LogP contribution in [0.5, 0.6) is 0 Å². The summed E-state index contributed by atoms with van der Waals surface area (Å²) in [6.45, 7) is 0.405. The normalized spacial score (nSPS) is 17.4. The lowest BCUT2D eigenvalue weighted by atomic mass is 10.1. The zero-order chi connectivity index (χ0) is 12.8. The van der Waals surface area contributed by atoms with Gasteiger partial charge in [0, 0.05) is 12.6 Å². The SMILES string of the molecule is NCC(NC(=O)NC1CCCC1)c1ccccc1. The minimum atomic E-state index is -0.118. The third-order valence-corrected chi connectivity index (χ3v) is 3.43. The molecule has 0 spiro atoms. The van der Waals surface area contributed by atoms with Crippen molar-refractivity contribution in [2.24, 2.45) is 5.73 Å². The van der Waals surface area contributed by atoms with Gasteiger partial charge in [0.2, 0.25) is 0 Å². The van der Waals surface area contributed by atoms with Crippen molar-refractivity contribution in [2.75, 3.05) is 6.54 Å². The van der Waals surface area contributed by atoms with E-state index in [9.17, 15) is 4.79 Å². The van der Waals surface area contributed by atoms with Crippen LogP contribution in [0.25, 0.3) is 0 Å². The van der Waals surface area contributed by atoms with Gasteiger partial charge in [-0.25, -0.2) is 4.79 Å². The Balaban J connectivity index is 1.87. The largest absolute Gasteiger partial charge is 0.335 e. The van der Waals surface area contributed by atoms with Gasteiger partial charge >= 0.3 is 6.03 Å². The molecule has 1 saturated carbocycles. The Bertz CT molecular complexity index is 374. The molecule has 0 bridgehead atoms. The van der Waals surface area contributed by atoms with Crippen LogP contribution in [0.1, 0.15) is 37.3 Å². The lowest BCUT2D eigenvalue weighted by Crippen LogP contribution is -2.44. The fourth-order valence-corrected chi connectivity index (χ4v) is 2.42. The Morgan fingerprint density at radius 2 is 1.94 bits per heavy atom. The Kier molecular flexibility index (Phi) is 4.59. The molecule has 0 saturated heterocycles. The molecule has 1 aliphatic rings. The van der Waals surface area contributed by atoms with Crippen LogP contribution in [0, 0.1) is 0 Å². The van der Waals surface area contributed by atoms with Crippen molar-refractivity contribution in [1.82, 2.24) is 10.6 Å². The van der Waals surface area contributed by atoms with Crippen LogP contribution in [-0.2, 0) is 0 Å². The number of urea groups is 1. The third kappa shape index (κ3) is 3.47. The van der Waals surface area contributed by atoms with Crippen molar-refractivity contribution in [1.29, 1.82) is 0 Å². The second-order valence-electron chi connectivity index (χ2n) is 4.80. The summed E-state index contributed by atoms with van der Waals surface area (Å²) in [7, 11) is 0. The lowest BCUT2D eigenvalue weighted by Gasteiger charge is -2.19. The summed E-state index contributed by atoms with van der Waals surface area (Å²) in [6, 6.07) is 9.92. The van der Waals surface area contributed by atoms with E-state index >= 15 is 0 Å². The van der Waals surface area contributed by atoms with E-state index in [-0.39, 0.29) is 12.1 Å². The van der Waals surface area contributed by atoms with Gasteiger partial charge in [0.15, 0.2) is 0 Å². The van der Waals surface area contributed by atoms with E-state index in [0.29, 0.717) is 12.6 Å². The van der Waals surface area contributed by atoms with Crippen molar-refractivity contribution in [3.8, 4) is 0 Å². The number of nitrogens with one attached hydrogen (secondary N) is 2. The highest BCUT2D eigenvalue weighted by Gasteiger charge is 2.19. The summed E-state index contributed by atoms with van der Waals surface area (Å²) in [4.78, 5) is 11.9. The number of hydrogen-bond donors (Lipinski definition) is 3. The van der Waals surface area contributed by atoms with Crippen LogP contribution in [-0.4, -0.2) is 18.6 Å². The molecule has 0 radical (unpaired) electrons. The Hall–Kier alpha value is -1.55. The highest BCUT2D eigenvalue weighted by Crippen LogP contribution is 2.17. The fraction of sp³-hybridized carbons (Fsp3) is 0.500. The Morgan fingerprint density at radius 1 is 1.28 bits per heavy atom. The molecule has 1 atom stereocenters. The molecule has 2 rings (SSSR count). The van der Waals surface area contributed by atoms with Crippen LogP contribution in [0.2, 0.25) is 0 Å². The molecule has 4 nitrogen and oxygen atoms in total. The van der Waals surface area contributed by atoms with Crippen LogP contribution in [0.15, 0.2) is 30.3 Å². The highest BCUT2D eigenvalue weighted by atomic mass is 16.2. The minimum Gasteiger partial charge on any atom is -0.335 e. The topological polar surface area (TPSA) is 67.1 Å². The van der Waals surface area contributed by atoms with Crippen molar-refractivity contribution in [3.05, 3.63) is 35.9 Å². The van der Waals surface area contributed by atoms with Gasteiger partial charge in [0.05, 0.1) is 6.04 Å². The van der Waals surface area contributed by atoms with E-state index < -0.39 is 0 Å². The molecule has 1 aliphatic carbocycles. The molecule has 0 aliphatic heterocycles. The second-order valence-corrected chi connectivity index (χ2v) is 4.80. The van der Waals surface area contributed by atoms with Crippen molar-refractivity contribution in [3.63, 3.8) is 0 Å². The van der Waals surface area contributed by atoms with Gasteiger partial charge in [-0.3, -0.25) is 0 Å². The molecule has 2 amide bonds. The fourth-order valence-electron chi connectivity index (χ4n) is 2.42. The molecule has 18 heavy (non-hydrogen) atoms. The number of hydrogen-bond acceptors (Lipinski definition) is 2. The second kappa shape index (κ2) is 6.40. The molecule has 0 heterocycles. The molecule has 1 aromatic rings. The van der Waals surface area contributed by atoms with Crippen molar-refractivity contribution < 1.29 is 4.79 Å². The van der Waals surface area contributed by atoms with Gasteiger partial charge in [-0.15, -0.1) is 0 Å². The molecule has 98 valence electrons. The summed E-state index contributed by atoms with van der Waals surface area (Å²) in [5.41, 5.74) is 6.76. The molecule has 4 heteroatoms. The van der Waals surface area contributed by atoms with E-state index in [1.54, 1.807) is 0 Å². The summed E-state index contributed by atoms with van der Waals surface area (Å²) in [5, 5.41) is 5.94. The maximum atomic E-state index is 11.9. The van der Waals surface area contributed by atoms with E-state index in [0.717, 1.165) is 18.4 Å². The molecule has 4 N–H and O–H groups in total. The zero-order valence-corrected chi connectivity index (χ0v) is 10.6. The predicted octanol–water partition coefficient (Wildman–Crippen LogP) is 1.93. The first-order chi connectivity index (χ1) is 8.79. The number of benzene rings is 1. The van der Waals surface area contributed by atoms with Crippen molar-refractivity contribution >= 4 is 6.03 Å². The molecule has 1 aromatic carbocycles. The number of amides is 2. The summed E-state index contributed by atoms with van der Waals surface area (Å²) < 4.78 is 0. The lowest BCUT2D eigenvalue weighted by molar-refractivity contribution is 0.233. The van der Waals surface area contributed by atoms with Crippen molar-refractivity contribution in [2.45, 2.75) is 37.8 Å². The summed E-state index contributed by atoms with van der Waals surface area (Å²) >= 11 is 0. The van der Waals surface area contributed by atoms with E-state index in [2.05, 4.69) is 10.6 Å². The van der Waals surface area contributed by atoms with Gasteiger partial charge in [-0.2, -0.15) is 0 Å². The maximum Gasteiger partial charge on any atom is 0.315 e. The molecule has 0 aromatic heterocycles. The molecular formula is C14H21N3O. The smallest absolute Gasteiger partial charge is 0.315 e. The Morgan fingerprint density at radius 3 is 2.56 bits per heavy atom. The third-order valence-electron chi connectivity index (χ3n) is 3.43. The van der Waals surface area contributed by atoms with Gasteiger partial charge in [0.1, 0.15) is 0 Å². The predicted molar refractivity (Wildman–Crippen MR) is 72.2 cm³/mol. The Labute approximate surface area is 108 Å². The monoisotopic (exact) mass is 247 g/mol. The molecule has 1 fully saturated rings. The highest BCUT2D eigenvalue weighted by molar-refractivity contribution is 5.74. The van der Waals surface area contributed by atoms with Crippen LogP contribution < -0.4 is 16.4 Å². The van der Waals surface area contributed by atoms with Crippen LogP contribution in [0.4, 0.5) is 4.79 Å². The standard InChI is InChI=1S/C14H21N3O/c15-10-13(11-6-2-1-3-7-11)17-14(18)16-12-8-4-5-9-12/h1-3,6-7,12-13H,4-5,8-10,15H2,(H2,16,17,18). The van der Waals surface area contributed by atoms with Gasteiger partial charge in [-0.1, -0.05) is 43.2 Å². The molecular weight excluding hydrogens is 226 g/mol. The molecule has 1 unspecified atom stereocenters. The van der Waals surface area contributed by atoms with Crippen LogP contribution >= 0.6 is 0 Å². The van der Waals surface area contributed by atoms with Crippen LogP contribution in [0.3, 0.4) is 0 Å². The first-order valence-corrected chi connectivity index (χ1v) is 6.61.